The molecule has 0 aliphatic heterocycles. The van der Waals surface area contributed by atoms with E-state index in [0.29, 0.717) is 12.4 Å². The van der Waals surface area contributed by atoms with E-state index in [2.05, 4.69) is 31.4 Å². The lowest BCUT2D eigenvalue weighted by molar-refractivity contribution is -0.116. The summed E-state index contributed by atoms with van der Waals surface area (Å²) in [5.74, 6) is -0.409. The number of benzene rings is 2. The summed E-state index contributed by atoms with van der Waals surface area (Å²) in [6.07, 6.45) is 0. The van der Waals surface area contributed by atoms with Gasteiger partial charge in [0.2, 0.25) is 5.91 Å². The molecule has 2 aromatic carbocycles. The maximum Gasteiger partial charge on any atom is 0.322 e. The monoisotopic (exact) mass is 494 g/mol. The van der Waals surface area contributed by atoms with Crippen molar-refractivity contribution in [1.82, 2.24) is 19.6 Å². The molecule has 8 nitrogen and oxygen atoms in total. The zero-order valence-corrected chi connectivity index (χ0v) is 21.8. The van der Waals surface area contributed by atoms with Crippen LogP contribution in [0.1, 0.15) is 32.0 Å². The van der Waals surface area contributed by atoms with Crippen molar-refractivity contribution in [3.63, 3.8) is 0 Å². The Morgan fingerprint density at radius 2 is 1.67 bits per heavy atom. The molecule has 9 heteroatoms. The maximum atomic E-state index is 14.1. The van der Waals surface area contributed by atoms with Crippen molar-refractivity contribution in [1.29, 1.82) is 0 Å². The van der Waals surface area contributed by atoms with Crippen molar-refractivity contribution in [2.45, 2.75) is 33.1 Å². The molecular formula is C27H35FN6O2. The van der Waals surface area contributed by atoms with E-state index in [9.17, 15) is 14.0 Å². The van der Waals surface area contributed by atoms with E-state index in [1.54, 1.807) is 16.8 Å². The number of halogens is 1. The summed E-state index contributed by atoms with van der Waals surface area (Å²) in [5, 5.41) is 10.3. The molecule has 36 heavy (non-hydrogen) atoms. The van der Waals surface area contributed by atoms with Gasteiger partial charge in [-0.2, -0.15) is 5.10 Å². The number of likely N-dealkylation sites (N-methyl/N-ethyl adjacent to an activating group) is 1. The summed E-state index contributed by atoms with van der Waals surface area (Å²) in [5.41, 5.74) is 2.51. The van der Waals surface area contributed by atoms with Gasteiger partial charge in [0, 0.05) is 24.6 Å². The van der Waals surface area contributed by atoms with E-state index in [0.717, 1.165) is 16.9 Å². The molecule has 0 aliphatic rings. The number of hydrogen-bond donors (Lipinski definition) is 2. The molecule has 0 spiro atoms. The van der Waals surface area contributed by atoms with Crippen LogP contribution in [-0.2, 0) is 10.2 Å². The van der Waals surface area contributed by atoms with Gasteiger partial charge >= 0.3 is 6.03 Å². The number of aromatic nitrogens is 2. The number of urea groups is 1. The van der Waals surface area contributed by atoms with Crippen LogP contribution in [0.5, 0.6) is 0 Å². The number of anilines is 2. The first-order valence-electron chi connectivity index (χ1n) is 11.9. The smallest absolute Gasteiger partial charge is 0.314 e. The van der Waals surface area contributed by atoms with Crippen LogP contribution in [0.2, 0.25) is 0 Å². The van der Waals surface area contributed by atoms with E-state index in [1.165, 1.54) is 17.0 Å². The molecule has 0 radical (unpaired) electrons. The van der Waals surface area contributed by atoms with Gasteiger partial charge < -0.3 is 20.4 Å². The molecule has 3 rings (SSSR count). The highest BCUT2D eigenvalue weighted by Crippen LogP contribution is 2.27. The van der Waals surface area contributed by atoms with Crippen molar-refractivity contribution in [3.05, 3.63) is 71.7 Å². The van der Waals surface area contributed by atoms with Crippen molar-refractivity contribution < 1.29 is 14.0 Å². The van der Waals surface area contributed by atoms with Gasteiger partial charge in [0.05, 0.1) is 17.1 Å². The van der Waals surface area contributed by atoms with E-state index < -0.39 is 11.8 Å². The second kappa shape index (κ2) is 11.3. The molecule has 3 aromatic rings. The fourth-order valence-corrected chi connectivity index (χ4v) is 3.51. The van der Waals surface area contributed by atoms with Crippen LogP contribution in [0.25, 0.3) is 5.69 Å². The number of nitrogens with one attached hydrogen (secondary N) is 2. The zero-order chi connectivity index (χ0) is 26.5. The van der Waals surface area contributed by atoms with Crippen LogP contribution in [0.4, 0.5) is 20.7 Å². The van der Waals surface area contributed by atoms with Crippen LogP contribution < -0.4 is 10.6 Å². The Hall–Kier alpha value is -3.72. The van der Waals surface area contributed by atoms with Gasteiger partial charge in [0.25, 0.3) is 0 Å². The van der Waals surface area contributed by atoms with E-state index in [4.69, 9.17) is 5.10 Å². The third kappa shape index (κ3) is 6.91. The van der Waals surface area contributed by atoms with Gasteiger partial charge in [-0.25, -0.2) is 13.9 Å². The van der Waals surface area contributed by atoms with Crippen LogP contribution in [0.3, 0.4) is 0 Å². The quantitative estimate of drug-likeness (QED) is 0.478. The van der Waals surface area contributed by atoms with Crippen LogP contribution in [-0.4, -0.2) is 65.2 Å². The van der Waals surface area contributed by atoms with E-state index >= 15 is 0 Å². The number of para-hydroxylation sites is 2. The Morgan fingerprint density at radius 3 is 2.31 bits per heavy atom. The SMILES string of the molecule is Cc1ccccc1-n1nc(C(C)(C)C)cc1NC(=O)CN(CCN(C)C)C(=O)Nc1ccccc1F. The molecule has 1 aromatic heterocycles. The number of carbonyl (C=O) groups excluding carboxylic acids is 2. The fourth-order valence-electron chi connectivity index (χ4n) is 3.51. The van der Waals surface area contributed by atoms with Gasteiger partial charge in [0.15, 0.2) is 0 Å². The van der Waals surface area contributed by atoms with Crippen molar-refractivity contribution in [2.75, 3.05) is 44.4 Å². The van der Waals surface area contributed by atoms with Gasteiger partial charge in [-0.3, -0.25) is 4.79 Å². The zero-order valence-electron chi connectivity index (χ0n) is 21.8. The Bertz CT molecular complexity index is 1210. The first-order valence-corrected chi connectivity index (χ1v) is 11.9. The number of hydrogen-bond acceptors (Lipinski definition) is 4. The lowest BCUT2D eigenvalue weighted by Crippen LogP contribution is -2.44. The second-order valence-electron chi connectivity index (χ2n) is 10.0. The summed E-state index contributed by atoms with van der Waals surface area (Å²) in [6, 6.07) is 15.0. The fraction of sp³-hybridized carbons (Fsp3) is 0.370. The number of nitrogens with zero attached hydrogens (tertiary/aromatic N) is 4. The Labute approximate surface area is 212 Å². The third-order valence-electron chi connectivity index (χ3n) is 5.64. The average Bonchev–Trinajstić information content (AvgIpc) is 3.22. The molecule has 192 valence electrons. The summed E-state index contributed by atoms with van der Waals surface area (Å²) in [7, 11) is 3.75. The minimum atomic E-state index is -0.556. The molecule has 0 atom stereocenters. The highest BCUT2D eigenvalue weighted by Gasteiger charge is 2.24. The summed E-state index contributed by atoms with van der Waals surface area (Å²) >= 11 is 0. The predicted octanol–water partition coefficient (Wildman–Crippen LogP) is 4.65. The Kier molecular flexibility index (Phi) is 8.47. The minimum Gasteiger partial charge on any atom is -0.314 e. The molecule has 1 heterocycles. The third-order valence-corrected chi connectivity index (χ3v) is 5.64. The highest BCUT2D eigenvalue weighted by molar-refractivity contribution is 5.96. The maximum absolute atomic E-state index is 14.1. The molecule has 0 bridgehead atoms. The number of carbonyl (C=O) groups is 2. The molecule has 0 saturated heterocycles. The number of aryl methyl sites for hydroxylation is 1. The number of rotatable bonds is 8. The van der Waals surface area contributed by atoms with Gasteiger partial charge in [-0.05, 0) is 44.8 Å². The van der Waals surface area contributed by atoms with E-state index in [1.807, 2.05) is 56.3 Å². The molecule has 0 saturated carbocycles. The van der Waals surface area contributed by atoms with Crippen LogP contribution in [0, 0.1) is 12.7 Å². The minimum absolute atomic E-state index is 0.0604. The first-order chi connectivity index (χ1) is 17.0. The van der Waals surface area contributed by atoms with Crippen molar-refractivity contribution in [2.24, 2.45) is 0 Å². The van der Waals surface area contributed by atoms with Crippen molar-refractivity contribution in [3.8, 4) is 5.69 Å². The number of amides is 3. The molecule has 0 unspecified atom stereocenters. The second-order valence-corrected chi connectivity index (χ2v) is 10.0. The summed E-state index contributed by atoms with van der Waals surface area (Å²) in [6.45, 7) is 8.75. The van der Waals surface area contributed by atoms with Gasteiger partial charge in [-0.15, -0.1) is 0 Å². The molecular weight excluding hydrogens is 459 g/mol. The van der Waals surface area contributed by atoms with Crippen LogP contribution >= 0.6 is 0 Å². The summed E-state index contributed by atoms with van der Waals surface area (Å²) < 4.78 is 15.8. The summed E-state index contributed by atoms with van der Waals surface area (Å²) in [4.78, 5) is 29.4. The normalized spacial score (nSPS) is 11.4. The highest BCUT2D eigenvalue weighted by atomic mass is 19.1. The lowest BCUT2D eigenvalue weighted by Gasteiger charge is -2.24. The van der Waals surface area contributed by atoms with E-state index in [-0.39, 0.29) is 30.1 Å². The van der Waals surface area contributed by atoms with Crippen molar-refractivity contribution >= 4 is 23.4 Å². The Balaban J connectivity index is 1.84. The van der Waals surface area contributed by atoms with Crippen LogP contribution in [0.15, 0.2) is 54.6 Å². The molecule has 2 N–H and O–H groups in total. The molecule has 0 aliphatic carbocycles. The lowest BCUT2D eigenvalue weighted by atomic mass is 9.92. The average molecular weight is 495 g/mol. The molecule has 3 amide bonds. The van der Waals surface area contributed by atoms with Gasteiger partial charge in [-0.1, -0.05) is 51.1 Å². The Morgan fingerprint density at radius 1 is 1.00 bits per heavy atom. The predicted molar refractivity (Wildman–Crippen MR) is 141 cm³/mol. The van der Waals surface area contributed by atoms with Gasteiger partial charge in [0.1, 0.15) is 18.2 Å². The topological polar surface area (TPSA) is 82.5 Å². The first kappa shape index (κ1) is 26.9. The molecule has 0 fully saturated rings. The largest absolute Gasteiger partial charge is 0.322 e. The standard InChI is InChI=1S/C27H35FN6O2/c1-19-11-7-10-14-22(19)34-24(17-23(31-34)27(2,3)4)30-25(35)18-33(16-15-32(5)6)26(36)29-21-13-9-8-12-20(21)28/h7-14,17H,15-16,18H2,1-6H3,(H,29,36)(H,30,35).